The zero-order chi connectivity index (χ0) is 20.8. The van der Waals surface area contributed by atoms with E-state index >= 15 is 0 Å². The van der Waals surface area contributed by atoms with Crippen molar-refractivity contribution in [3.8, 4) is 28.4 Å². The van der Waals surface area contributed by atoms with Gasteiger partial charge < -0.3 is 14.2 Å². The van der Waals surface area contributed by atoms with Crippen molar-refractivity contribution in [2.24, 2.45) is 0 Å². The van der Waals surface area contributed by atoms with Crippen molar-refractivity contribution in [3.05, 3.63) is 66.1 Å². The number of rotatable bonds is 7. The van der Waals surface area contributed by atoms with Crippen molar-refractivity contribution >= 4 is 12.0 Å². The highest BCUT2D eigenvalue weighted by molar-refractivity contribution is 5.88. The number of ether oxygens (including phenoxy) is 3. The van der Waals surface area contributed by atoms with Crippen LogP contribution in [0.4, 0.5) is 4.39 Å². The van der Waals surface area contributed by atoms with Crippen molar-refractivity contribution in [1.29, 1.82) is 0 Å². The summed E-state index contributed by atoms with van der Waals surface area (Å²) < 4.78 is 31.7. The summed E-state index contributed by atoms with van der Waals surface area (Å²) in [5, 5.41) is 4.27. The van der Waals surface area contributed by atoms with E-state index in [9.17, 15) is 9.18 Å². The van der Waals surface area contributed by atoms with Crippen LogP contribution in [0.2, 0.25) is 0 Å². The molecule has 0 aliphatic rings. The molecule has 1 aromatic heterocycles. The van der Waals surface area contributed by atoms with E-state index < -0.39 is 11.8 Å². The first kappa shape index (κ1) is 20.1. The number of esters is 1. The molecule has 3 rings (SSSR count). The average molecular weight is 396 g/mol. The first-order valence-electron chi connectivity index (χ1n) is 8.99. The van der Waals surface area contributed by atoms with Gasteiger partial charge in [0.1, 0.15) is 23.0 Å². The molecule has 0 atom stereocenters. The molecular weight excluding hydrogens is 375 g/mol. The molecule has 0 amide bonds. The van der Waals surface area contributed by atoms with Gasteiger partial charge in [-0.05, 0) is 37.3 Å². The largest absolute Gasteiger partial charge is 0.496 e. The summed E-state index contributed by atoms with van der Waals surface area (Å²) in [6, 6.07) is 11.6. The van der Waals surface area contributed by atoms with Crippen molar-refractivity contribution in [3.63, 3.8) is 0 Å². The maximum Gasteiger partial charge on any atom is 0.330 e. The van der Waals surface area contributed by atoms with E-state index in [1.807, 2.05) is 0 Å². The Morgan fingerprint density at radius 2 is 1.90 bits per heavy atom. The number of carbonyl (C=O) groups excluding carboxylic acids is 1. The number of hydrogen-bond acceptors (Lipinski definition) is 5. The highest BCUT2D eigenvalue weighted by Gasteiger charge is 2.17. The molecule has 0 saturated carbocycles. The Morgan fingerprint density at radius 3 is 2.59 bits per heavy atom. The molecule has 7 heteroatoms. The van der Waals surface area contributed by atoms with E-state index in [1.165, 1.54) is 31.0 Å². The van der Waals surface area contributed by atoms with Crippen LogP contribution in [0.15, 0.2) is 54.7 Å². The van der Waals surface area contributed by atoms with Crippen LogP contribution < -0.4 is 9.47 Å². The molecule has 0 saturated heterocycles. The van der Waals surface area contributed by atoms with Gasteiger partial charge in [-0.2, -0.15) is 5.10 Å². The standard InChI is InChI=1S/C22H21FN2O4/c1-4-29-22(26)10-9-15-13-16(21(28-3)14-20(15)27-2)18-11-12-24-25(18)19-8-6-5-7-17(19)23/h5-14H,4H2,1-3H3. The third-order valence-electron chi connectivity index (χ3n) is 4.24. The van der Waals surface area contributed by atoms with Crippen LogP contribution in [-0.4, -0.2) is 36.6 Å². The molecule has 150 valence electrons. The smallest absolute Gasteiger partial charge is 0.330 e. The Kier molecular flexibility index (Phi) is 6.29. The van der Waals surface area contributed by atoms with E-state index in [0.717, 1.165) is 0 Å². The fourth-order valence-electron chi connectivity index (χ4n) is 2.92. The van der Waals surface area contributed by atoms with Gasteiger partial charge in [-0.1, -0.05) is 12.1 Å². The van der Waals surface area contributed by atoms with Gasteiger partial charge in [-0.25, -0.2) is 13.9 Å². The molecule has 0 aliphatic heterocycles. The Morgan fingerprint density at radius 1 is 1.14 bits per heavy atom. The molecule has 6 nitrogen and oxygen atoms in total. The maximum atomic E-state index is 14.3. The number of carbonyl (C=O) groups is 1. The lowest BCUT2D eigenvalue weighted by molar-refractivity contribution is -0.137. The van der Waals surface area contributed by atoms with E-state index in [2.05, 4.69) is 5.10 Å². The third-order valence-corrected chi connectivity index (χ3v) is 4.24. The highest BCUT2D eigenvalue weighted by atomic mass is 19.1. The number of hydrogen-bond donors (Lipinski definition) is 0. The summed E-state index contributed by atoms with van der Waals surface area (Å²) >= 11 is 0. The lowest BCUT2D eigenvalue weighted by atomic mass is 10.0. The van der Waals surface area contributed by atoms with Crippen LogP contribution in [0.1, 0.15) is 12.5 Å². The minimum atomic E-state index is -0.455. The average Bonchev–Trinajstić information content (AvgIpc) is 3.21. The summed E-state index contributed by atoms with van der Waals surface area (Å²) in [5.41, 5.74) is 2.24. The van der Waals surface area contributed by atoms with Crippen LogP contribution in [0.25, 0.3) is 23.0 Å². The lowest BCUT2D eigenvalue weighted by Crippen LogP contribution is -2.03. The molecule has 0 unspecified atom stereocenters. The zero-order valence-electron chi connectivity index (χ0n) is 16.4. The van der Waals surface area contributed by atoms with E-state index in [0.29, 0.717) is 34.0 Å². The molecule has 0 radical (unpaired) electrons. The number of para-hydroxylation sites is 1. The zero-order valence-corrected chi connectivity index (χ0v) is 16.4. The summed E-state index contributed by atoms with van der Waals surface area (Å²) in [6.45, 7) is 2.03. The van der Waals surface area contributed by atoms with Gasteiger partial charge in [-0.15, -0.1) is 0 Å². The fraction of sp³-hybridized carbons (Fsp3) is 0.182. The molecule has 2 aromatic carbocycles. The molecule has 1 heterocycles. The van der Waals surface area contributed by atoms with Gasteiger partial charge >= 0.3 is 5.97 Å². The number of nitrogens with zero attached hydrogens (tertiary/aromatic N) is 2. The van der Waals surface area contributed by atoms with Gasteiger partial charge in [0.2, 0.25) is 0 Å². The van der Waals surface area contributed by atoms with E-state index in [1.54, 1.807) is 55.6 Å². The second kappa shape index (κ2) is 9.05. The quantitative estimate of drug-likeness (QED) is 0.441. The van der Waals surface area contributed by atoms with E-state index in [4.69, 9.17) is 14.2 Å². The Hall–Kier alpha value is -3.61. The second-order valence-electron chi connectivity index (χ2n) is 5.96. The van der Waals surface area contributed by atoms with Crippen molar-refractivity contribution < 1.29 is 23.4 Å². The monoisotopic (exact) mass is 396 g/mol. The van der Waals surface area contributed by atoms with Gasteiger partial charge in [0.05, 0.1) is 32.7 Å². The van der Waals surface area contributed by atoms with Crippen molar-refractivity contribution in [1.82, 2.24) is 9.78 Å². The number of halogens is 1. The summed E-state index contributed by atoms with van der Waals surface area (Å²) in [6.07, 6.45) is 4.51. The van der Waals surface area contributed by atoms with Gasteiger partial charge in [0.15, 0.2) is 0 Å². The Labute approximate surface area is 168 Å². The number of aromatic nitrogens is 2. The third kappa shape index (κ3) is 4.29. The molecule has 0 bridgehead atoms. The van der Waals surface area contributed by atoms with Crippen LogP contribution in [0.5, 0.6) is 11.5 Å². The predicted octanol–water partition coefficient (Wildman–Crippen LogP) is 4.27. The minimum absolute atomic E-state index is 0.288. The topological polar surface area (TPSA) is 62.6 Å². The van der Waals surface area contributed by atoms with Crippen LogP contribution >= 0.6 is 0 Å². The second-order valence-corrected chi connectivity index (χ2v) is 5.96. The van der Waals surface area contributed by atoms with Gasteiger partial charge in [0, 0.05) is 23.3 Å². The fourth-order valence-corrected chi connectivity index (χ4v) is 2.92. The molecule has 0 spiro atoms. The first-order valence-corrected chi connectivity index (χ1v) is 8.99. The van der Waals surface area contributed by atoms with E-state index in [-0.39, 0.29) is 6.61 Å². The summed E-state index contributed by atoms with van der Waals surface area (Å²) in [7, 11) is 3.07. The van der Waals surface area contributed by atoms with Gasteiger partial charge in [0.25, 0.3) is 0 Å². The maximum absolute atomic E-state index is 14.3. The molecule has 0 N–H and O–H groups in total. The van der Waals surface area contributed by atoms with Crippen molar-refractivity contribution in [2.75, 3.05) is 20.8 Å². The number of methoxy groups -OCH3 is 2. The molecular formula is C22H21FN2O4. The normalized spacial score (nSPS) is 10.9. The summed E-state index contributed by atoms with van der Waals surface area (Å²) in [4.78, 5) is 11.7. The molecule has 29 heavy (non-hydrogen) atoms. The van der Waals surface area contributed by atoms with Crippen molar-refractivity contribution in [2.45, 2.75) is 6.92 Å². The molecule has 0 aliphatic carbocycles. The highest BCUT2D eigenvalue weighted by Crippen LogP contribution is 2.37. The minimum Gasteiger partial charge on any atom is -0.496 e. The van der Waals surface area contributed by atoms with Crippen LogP contribution in [0, 0.1) is 5.82 Å². The summed E-state index contributed by atoms with van der Waals surface area (Å²) in [5.74, 6) is 0.187. The lowest BCUT2D eigenvalue weighted by Gasteiger charge is -2.15. The first-order chi connectivity index (χ1) is 14.1. The van der Waals surface area contributed by atoms with Crippen LogP contribution in [0.3, 0.4) is 0 Å². The Bertz CT molecular complexity index is 1040. The molecule has 0 fully saturated rings. The number of benzene rings is 2. The Balaban J connectivity index is 2.13. The SMILES string of the molecule is CCOC(=O)C=Cc1cc(-c2ccnn2-c2ccccc2F)c(OC)cc1OC. The van der Waals surface area contributed by atoms with Gasteiger partial charge in [-0.3, -0.25) is 0 Å². The van der Waals surface area contributed by atoms with Crippen LogP contribution in [-0.2, 0) is 9.53 Å². The predicted molar refractivity (Wildman–Crippen MR) is 108 cm³/mol. The molecule has 3 aromatic rings.